The molecule has 1 unspecified atom stereocenters. The highest BCUT2D eigenvalue weighted by Gasteiger charge is 2.78. The first-order valence-corrected chi connectivity index (χ1v) is 11.6. The van der Waals surface area contributed by atoms with Gasteiger partial charge < -0.3 is 9.47 Å². The zero-order valence-electron chi connectivity index (χ0n) is 18.8. The topological polar surface area (TPSA) is 47.6 Å². The van der Waals surface area contributed by atoms with E-state index >= 15 is 0 Å². The van der Waals surface area contributed by atoms with Gasteiger partial charge in [0.05, 0.1) is 5.54 Å². The predicted octanol–water partition coefficient (Wildman–Crippen LogP) is 4.72. The largest absolute Gasteiger partial charge is 0.485 e. The van der Waals surface area contributed by atoms with Crippen LogP contribution in [0.3, 0.4) is 0 Å². The van der Waals surface area contributed by atoms with Gasteiger partial charge in [-0.25, -0.2) is 0 Å². The number of terminal acetylenes is 1. The maximum Gasteiger partial charge on any atom is 0.162 e. The number of hydrogen-bond donors (Lipinski definition) is 1. The van der Waals surface area contributed by atoms with E-state index in [9.17, 15) is 4.79 Å². The molecule has 3 aliphatic rings. The predicted molar refractivity (Wildman–Crippen MR) is 130 cm³/mol. The summed E-state index contributed by atoms with van der Waals surface area (Å²) in [7, 11) is 0. The van der Waals surface area contributed by atoms with Crippen LogP contribution in [0.4, 0.5) is 0 Å². The van der Waals surface area contributed by atoms with Crippen molar-refractivity contribution in [2.45, 2.75) is 37.1 Å². The molecule has 3 aromatic carbocycles. The number of hydrogen-bond acceptors (Lipinski definition) is 4. The summed E-state index contributed by atoms with van der Waals surface area (Å²) in [6.07, 6.45) is 10.2. The summed E-state index contributed by atoms with van der Waals surface area (Å²) in [5.74, 6) is 4.59. The molecule has 168 valence electrons. The third kappa shape index (κ3) is 3.09. The number of benzene rings is 3. The number of fused-ring (bicyclic) bond motifs is 2. The van der Waals surface area contributed by atoms with Crippen LogP contribution >= 0.6 is 0 Å². The summed E-state index contributed by atoms with van der Waals surface area (Å²) in [4.78, 5) is 12.2. The van der Waals surface area contributed by atoms with E-state index in [4.69, 9.17) is 15.9 Å². The van der Waals surface area contributed by atoms with E-state index in [1.54, 1.807) is 6.08 Å². The molecule has 3 atom stereocenters. The van der Waals surface area contributed by atoms with Crippen LogP contribution in [0.15, 0.2) is 84.9 Å². The lowest BCUT2D eigenvalue weighted by Crippen LogP contribution is -2.41. The fraction of sp³-hybridized carbons (Fsp3) is 0.233. The van der Waals surface area contributed by atoms with Gasteiger partial charge in [-0.15, -0.1) is 6.42 Å². The number of nitrogens with one attached hydrogen (secondary N) is 1. The van der Waals surface area contributed by atoms with E-state index in [1.165, 1.54) is 0 Å². The summed E-state index contributed by atoms with van der Waals surface area (Å²) in [6.45, 7) is 1.51. The fourth-order valence-electron chi connectivity index (χ4n) is 5.73. The highest BCUT2D eigenvalue weighted by molar-refractivity contribution is 5.94. The Labute approximate surface area is 199 Å². The number of allylic oxidation sites excluding steroid dienone is 1. The van der Waals surface area contributed by atoms with Crippen molar-refractivity contribution >= 4 is 5.78 Å². The number of carbonyl (C=O) groups is 1. The van der Waals surface area contributed by atoms with E-state index in [0.717, 1.165) is 22.3 Å². The van der Waals surface area contributed by atoms with Crippen LogP contribution in [0.5, 0.6) is 11.5 Å². The Morgan fingerprint density at radius 3 is 2.18 bits per heavy atom. The second kappa shape index (κ2) is 7.90. The Bertz CT molecular complexity index is 1320. The van der Waals surface area contributed by atoms with Gasteiger partial charge in [-0.2, -0.15) is 0 Å². The molecule has 4 nitrogen and oxygen atoms in total. The SMILES string of the molecule is C#CC12NCc3cc(OCc4ccccc4)c(OCc4ccccc4)cc3[C@]13C=CC(=O)C[C@H]23. The molecule has 4 heteroatoms. The standard InChI is InChI=1S/C30H25NO3/c1-2-30-28-16-24(32)13-14-29(28,30)25-17-27(34-20-22-11-7-4-8-12-22)26(15-23(25)18-31-30)33-19-21-9-5-3-6-10-21/h1,3-15,17,28,31H,16,18-20H2/t28-,29-,30?/m0/s1. The van der Waals surface area contributed by atoms with Crippen LogP contribution in [0.2, 0.25) is 0 Å². The molecule has 3 aromatic rings. The first kappa shape index (κ1) is 20.8. The normalized spacial score (nSPS) is 26.0. The Kier molecular flexibility index (Phi) is 4.83. The molecule has 0 bridgehead atoms. The molecule has 0 amide bonds. The van der Waals surface area contributed by atoms with Gasteiger partial charge in [0.25, 0.3) is 0 Å². The van der Waals surface area contributed by atoms with E-state index in [1.807, 2.05) is 66.7 Å². The van der Waals surface area contributed by atoms with Crippen LogP contribution in [0, 0.1) is 18.3 Å². The van der Waals surface area contributed by atoms with Crippen molar-refractivity contribution in [2.75, 3.05) is 0 Å². The number of ketones is 1. The zero-order chi connectivity index (χ0) is 23.2. The van der Waals surface area contributed by atoms with Crippen LogP contribution in [0.1, 0.15) is 28.7 Å². The maximum absolute atomic E-state index is 12.2. The van der Waals surface area contributed by atoms with Crippen molar-refractivity contribution in [3.05, 3.63) is 107 Å². The van der Waals surface area contributed by atoms with Gasteiger partial charge in [-0.05, 0) is 40.5 Å². The van der Waals surface area contributed by atoms with Crippen molar-refractivity contribution in [2.24, 2.45) is 5.92 Å². The van der Waals surface area contributed by atoms with E-state index < -0.39 is 5.54 Å². The van der Waals surface area contributed by atoms with Crippen molar-refractivity contribution in [3.8, 4) is 23.8 Å². The van der Waals surface area contributed by atoms with Gasteiger partial charge in [0.15, 0.2) is 17.3 Å². The summed E-state index contributed by atoms with van der Waals surface area (Å²) in [5.41, 5.74) is 3.53. The minimum atomic E-state index is -0.522. The lowest BCUT2D eigenvalue weighted by molar-refractivity contribution is -0.115. The maximum atomic E-state index is 12.2. The zero-order valence-corrected chi connectivity index (χ0v) is 18.8. The molecule has 34 heavy (non-hydrogen) atoms. The van der Waals surface area contributed by atoms with Crippen molar-refractivity contribution in [3.63, 3.8) is 0 Å². The van der Waals surface area contributed by atoms with Gasteiger partial charge in [0.1, 0.15) is 13.2 Å². The average Bonchev–Trinajstić information content (AvgIpc) is 3.50. The average molecular weight is 448 g/mol. The van der Waals surface area contributed by atoms with Crippen molar-refractivity contribution in [1.29, 1.82) is 0 Å². The Morgan fingerprint density at radius 2 is 1.56 bits per heavy atom. The number of ether oxygens (including phenoxy) is 2. The molecule has 1 spiro atoms. The minimum Gasteiger partial charge on any atom is -0.485 e. The van der Waals surface area contributed by atoms with E-state index in [0.29, 0.717) is 37.7 Å². The molecule has 0 aromatic heterocycles. The summed E-state index contributed by atoms with van der Waals surface area (Å²) in [5, 5.41) is 3.57. The van der Waals surface area contributed by atoms with Crippen molar-refractivity contribution in [1.82, 2.24) is 5.32 Å². The van der Waals surface area contributed by atoms with Crippen LogP contribution in [-0.4, -0.2) is 11.3 Å². The summed E-state index contributed by atoms with van der Waals surface area (Å²) < 4.78 is 12.6. The van der Waals surface area contributed by atoms with Gasteiger partial charge in [0, 0.05) is 24.3 Å². The highest BCUT2D eigenvalue weighted by atomic mass is 16.5. The van der Waals surface area contributed by atoms with Gasteiger partial charge in [-0.1, -0.05) is 72.7 Å². The van der Waals surface area contributed by atoms with Gasteiger partial charge in [-0.3, -0.25) is 10.1 Å². The molecular weight excluding hydrogens is 422 g/mol. The Morgan fingerprint density at radius 1 is 0.941 bits per heavy atom. The van der Waals surface area contributed by atoms with E-state index in [-0.39, 0.29) is 17.1 Å². The molecule has 1 N–H and O–H groups in total. The highest BCUT2D eigenvalue weighted by Crippen LogP contribution is 2.69. The van der Waals surface area contributed by atoms with Gasteiger partial charge >= 0.3 is 0 Å². The smallest absolute Gasteiger partial charge is 0.162 e. The molecule has 1 heterocycles. The molecular formula is C30H25NO3. The lowest BCUT2D eigenvalue weighted by atomic mass is 9.81. The summed E-state index contributed by atoms with van der Waals surface area (Å²) in [6, 6.07) is 24.3. The van der Waals surface area contributed by atoms with E-state index in [2.05, 4.69) is 23.4 Å². The number of carbonyl (C=O) groups excluding carboxylic acids is 1. The quantitative estimate of drug-likeness (QED) is 0.556. The molecule has 1 saturated carbocycles. The number of rotatable bonds is 6. The fourth-order valence-corrected chi connectivity index (χ4v) is 5.73. The third-order valence-electron chi connectivity index (χ3n) is 7.45. The molecule has 1 fully saturated rings. The van der Waals surface area contributed by atoms with Crippen LogP contribution in [0.25, 0.3) is 0 Å². The lowest BCUT2D eigenvalue weighted by Gasteiger charge is -2.30. The summed E-state index contributed by atoms with van der Waals surface area (Å²) >= 11 is 0. The third-order valence-corrected chi connectivity index (χ3v) is 7.45. The molecule has 0 radical (unpaired) electrons. The van der Waals surface area contributed by atoms with Crippen LogP contribution < -0.4 is 14.8 Å². The monoisotopic (exact) mass is 447 g/mol. The molecule has 1 aliphatic heterocycles. The van der Waals surface area contributed by atoms with Crippen LogP contribution in [-0.2, 0) is 30.0 Å². The first-order chi connectivity index (χ1) is 16.7. The molecule has 2 aliphatic carbocycles. The Balaban J connectivity index is 1.39. The Hall–Kier alpha value is -3.81. The molecule has 6 rings (SSSR count). The second-order valence-corrected chi connectivity index (χ2v) is 9.24. The second-order valence-electron chi connectivity index (χ2n) is 9.24. The van der Waals surface area contributed by atoms with Gasteiger partial charge in [0.2, 0.25) is 0 Å². The van der Waals surface area contributed by atoms with Crippen molar-refractivity contribution < 1.29 is 14.3 Å². The first-order valence-electron chi connectivity index (χ1n) is 11.6. The minimum absolute atomic E-state index is 0.0572. The molecule has 0 saturated heterocycles.